The van der Waals surface area contributed by atoms with Crippen molar-refractivity contribution in [2.45, 2.75) is 51.6 Å². The molecule has 0 amide bonds. The van der Waals surface area contributed by atoms with E-state index in [0.717, 1.165) is 19.1 Å². The van der Waals surface area contributed by atoms with Gasteiger partial charge in [-0.1, -0.05) is 43.5 Å². The van der Waals surface area contributed by atoms with Crippen molar-refractivity contribution < 1.29 is 0 Å². The first-order valence-corrected chi connectivity index (χ1v) is 7.29. The van der Waals surface area contributed by atoms with Gasteiger partial charge in [0.15, 0.2) is 0 Å². The second-order valence-corrected chi connectivity index (χ2v) is 5.37. The number of benzene rings is 1. The van der Waals surface area contributed by atoms with E-state index in [-0.39, 0.29) is 0 Å². The van der Waals surface area contributed by atoms with Crippen LogP contribution in [-0.2, 0) is 6.54 Å². The second kappa shape index (κ2) is 5.13. The topological polar surface area (TPSA) is 15.6 Å². The lowest BCUT2D eigenvalue weighted by Crippen LogP contribution is -2.37. The Labute approximate surface area is 110 Å². The summed E-state index contributed by atoms with van der Waals surface area (Å²) in [5.74, 6) is 1.25. The molecule has 2 nitrogen and oxygen atoms in total. The lowest BCUT2D eigenvalue weighted by molar-refractivity contribution is 0.245. The predicted molar refractivity (Wildman–Crippen MR) is 75.9 cm³/mol. The van der Waals surface area contributed by atoms with Gasteiger partial charge in [-0.05, 0) is 25.3 Å². The lowest BCUT2D eigenvalue weighted by Gasteiger charge is -2.33. The van der Waals surface area contributed by atoms with Gasteiger partial charge in [0, 0.05) is 24.7 Å². The van der Waals surface area contributed by atoms with Gasteiger partial charge in [0.2, 0.25) is 0 Å². The number of nitrogens with zero attached hydrogens (tertiary/aromatic N) is 2. The van der Waals surface area contributed by atoms with Crippen LogP contribution in [0, 0.1) is 0 Å². The minimum atomic E-state index is 0.719. The molecule has 3 rings (SSSR count). The van der Waals surface area contributed by atoms with Crippen LogP contribution in [0.5, 0.6) is 0 Å². The fraction of sp³-hybridized carbons (Fsp3) is 0.562. The fourth-order valence-electron chi connectivity index (χ4n) is 3.31. The third-order valence-electron chi connectivity index (χ3n) is 4.19. The van der Waals surface area contributed by atoms with Gasteiger partial charge < -0.3 is 4.90 Å². The summed E-state index contributed by atoms with van der Waals surface area (Å²) in [6, 6.07) is 9.48. The zero-order valence-corrected chi connectivity index (χ0v) is 11.2. The molecule has 0 spiro atoms. The van der Waals surface area contributed by atoms with Crippen molar-refractivity contribution in [2.24, 2.45) is 4.99 Å². The standard InChI is InChI=1S/C16H22N2/c1-2-17-16-15-11-7-6-8-13(15)12-18(16)14-9-4-3-5-10-14/h6-8,11,14H,2-5,9-10,12H2,1H3/b17-16+. The first-order valence-electron chi connectivity index (χ1n) is 7.29. The van der Waals surface area contributed by atoms with Crippen molar-refractivity contribution in [1.29, 1.82) is 0 Å². The Morgan fingerprint density at radius 3 is 2.72 bits per heavy atom. The Bertz CT molecular complexity index is 444. The van der Waals surface area contributed by atoms with E-state index >= 15 is 0 Å². The summed E-state index contributed by atoms with van der Waals surface area (Å²) < 4.78 is 0. The van der Waals surface area contributed by atoms with Crippen molar-refractivity contribution in [2.75, 3.05) is 6.54 Å². The van der Waals surface area contributed by atoms with E-state index in [1.165, 1.54) is 49.1 Å². The zero-order valence-electron chi connectivity index (χ0n) is 11.2. The van der Waals surface area contributed by atoms with Crippen molar-refractivity contribution in [1.82, 2.24) is 4.90 Å². The molecule has 96 valence electrons. The zero-order chi connectivity index (χ0) is 12.4. The Kier molecular flexibility index (Phi) is 3.35. The second-order valence-electron chi connectivity index (χ2n) is 5.37. The van der Waals surface area contributed by atoms with E-state index in [4.69, 9.17) is 4.99 Å². The summed E-state index contributed by atoms with van der Waals surface area (Å²) >= 11 is 0. The molecule has 0 aromatic heterocycles. The average Bonchev–Trinajstić information content (AvgIpc) is 2.80. The Morgan fingerprint density at radius 2 is 1.94 bits per heavy atom. The van der Waals surface area contributed by atoms with E-state index in [0.29, 0.717) is 0 Å². The highest BCUT2D eigenvalue weighted by Gasteiger charge is 2.30. The normalized spacial score (nSPS) is 22.5. The smallest absolute Gasteiger partial charge is 0.131 e. The van der Waals surface area contributed by atoms with Crippen LogP contribution >= 0.6 is 0 Å². The maximum Gasteiger partial charge on any atom is 0.131 e. The summed E-state index contributed by atoms with van der Waals surface area (Å²) in [6.45, 7) is 4.08. The summed E-state index contributed by atoms with van der Waals surface area (Å²) in [6.07, 6.45) is 6.87. The first kappa shape index (κ1) is 11.8. The average molecular weight is 242 g/mol. The molecule has 18 heavy (non-hydrogen) atoms. The highest BCUT2D eigenvalue weighted by atomic mass is 15.2. The highest BCUT2D eigenvalue weighted by molar-refractivity contribution is 6.02. The number of amidine groups is 1. The maximum absolute atomic E-state index is 4.76. The third-order valence-corrected chi connectivity index (χ3v) is 4.19. The molecule has 1 aliphatic heterocycles. The summed E-state index contributed by atoms with van der Waals surface area (Å²) in [4.78, 5) is 7.33. The van der Waals surface area contributed by atoms with Crippen LogP contribution in [-0.4, -0.2) is 23.3 Å². The molecule has 2 aliphatic rings. The van der Waals surface area contributed by atoms with Crippen LogP contribution in [0.2, 0.25) is 0 Å². The van der Waals surface area contributed by atoms with Gasteiger partial charge >= 0.3 is 0 Å². The van der Waals surface area contributed by atoms with Gasteiger partial charge in [-0.15, -0.1) is 0 Å². The van der Waals surface area contributed by atoms with E-state index in [1.54, 1.807) is 0 Å². The lowest BCUT2D eigenvalue weighted by atomic mass is 9.94. The number of fused-ring (bicyclic) bond motifs is 1. The molecule has 0 saturated heterocycles. The van der Waals surface area contributed by atoms with Crippen molar-refractivity contribution >= 4 is 5.84 Å². The molecule has 1 fully saturated rings. The minimum absolute atomic E-state index is 0.719. The first-order chi connectivity index (χ1) is 8.90. The summed E-state index contributed by atoms with van der Waals surface area (Å²) in [7, 11) is 0. The summed E-state index contributed by atoms with van der Waals surface area (Å²) in [5.41, 5.74) is 2.82. The highest BCUT2D eigenvalue weighted by Crippen LogP contribution is 2.31. The van der Waals surface area contributed by atoms with Crippen LogP contribution in [0.25, 0.3) is 0 Å². The van der Waals surface area contributed by atoms with Crippen molar-refractivity contribution in [3.63, 3.8) is 0 Å². The Hall–Kier alpha value is -1.31. The van der Waals surface area contributed by atoms with Crippen molar-refractivity contribution in [3.8, 4) is 0 Å². The predicted octanol–water partition coefficient (Wildman–Crippen LogP) is 3.60. The van der Waals surface area contributed by atoms with Crippen molar-refractivity contribution in [3.05, 3.63) is 35.4 Å². The van der Waals surface area contributed by atoms with Gasteiger partial charge in [-0.3, -0.25) is 4.99 Å². The van der Waals surface area contributed by atoms with Crippen LogP contribution in [0.4, 0.5) is 0 Å². The molecular weight excluding hydrogens is 220 g/mol. The molecule has 0 N–H and O–H groups in total. The SMILES string of the molecule is CC/N=C1\c2ccccc2CN1C1CCCCC1. The van der Waals surface area contributed by atoms with Crippen LogP contribution in [0.1, 0.15) is 50.2 Å². The molecule has 0 bridgehead atoms. The van der Waals surface area contributed by atoms with Gasteiger partial charge in [-0.2, -0.15) is 0 Å². The molecule has 1 saturated carbocycles. The molecule has 1 aromatic carbocycles. The molecule has 1 aliphatic carbocycles. The molecule has 0 unspecified atom stereocenters. The van der Waals surface area contributed by atoms with E-state index < -0.39 is 0 Å². The Morgan fingerprint density at radius 1 is 1.17 bits per heavy atom. The molecule has 2 heteroatoms. The van der Waals surface area contributed by atoms with E-state index in [9.17, 15) is 0 Å². The van der Waals surface area contributed by atoms with Gasteiger partial charge in [-0.25, -0.2) is 0 Å². The third kappa shape index (κ3) is 2.05. The molecule has 1 aromatic rings. The molecule has 0 atom stereocenters. The van der Waals surface area contributed by atoms with Gasteiger partial charge in [0.05, 0.1) is 0 Å². The quantitative estimate of drug-likeness (QED) is 0.773. The van der Waals surface area contributed by atoms with Crippen LogP contribution < -0.4 is 0 Å². The van der Waals surface area contributed by atoms with E-state index in [2.05, 4.69) is 36.1 Å². The fourth-order valence-corrected chi connectivity index (χ4v) is 3.31. The number of aliphatic imine (C=N–C) groups is 1. The largest absolute Gasteiger partial charge is 0.349 e. The number of hydrogen-bond donors (Lipinski definition) is 0. The number of hydrogen-bond acceptors (Lipinski definition) is 1. The van der Waals surface area contributed by atoms with E-state index in [1.807, 2.05) is 0 Å². The summed E-state index contributed by atoms with van der Waals surface area (Å²) in [5, 5.41) is 0. The molecular formula is C16H22N2. The van der Waals surface area contributed by atoms with Crippen LogP contribution in [0.3, 0.4) is 0 Å². The van der Waals surface area contributed by atoms with Crippen LogP contribution in [0.15, 0.2) is 29.3 Å². The monoisotopic (exact) mass is 242 g/mol. The maximum atomic E-state index is 4.76. The number of rotatable bonds is 2. The van der Waals surface area contributed by atoms with Gasteiger partial charge in [0.1, 0.15) is 5.84 Å². The molecule has 1 heterocycles. The molecule has 0 radical (unpaired) electrons. The minimum Gasteiger partial charge on any atom is -0.349 e. The van der Waals surface area contributed by atoms with Gasteiger partial charge in [0.25, 0.3) is 0 Å². The Balaban J connectivity index is 1.90.